The molecule has 2 aromatic heterocycles. The lowest BCUT2D eigenvalue weighted by atomic mass is 10.0. The van der Waals surface area contributed by atoms with Crippen LogP contribution in [0.15, 0.2) is 79.1 Å². The molecule has 142 valence electrons. The van der Waals surface area contributed by atoms with Crippen LogP contribution in [0, 0.1) is 0 Å². The maximum atomic E-state index is 13.3. The number of hydrogen-bond donors (Lipinski definition) is 2. The summed E-state index contributed by atoms with van der Waals surface area (Å²) >= 11 is 0. The van der Waals surface area contributed by atoms with Gasteiger partial charge in [0.25, 0.3) is 5.91 Å². The van der Waals surface area contributed by atoms with E-state index >= 15 is 0 Å². The second kappa shape index (κ2) is 7.11. The number of aliphatic hydroxyl groups excluding tert-OH is 1. The average Bonchev–Trinajstić information content (AvgIpc) is 3.08. The van der Waals surface area contributed by atoms with Gasteiger partial charge in [-0.25, -0.2) is 4.98 Å². The molecular weight excluding hydrogens is 362 g/mol. The Bertz CT molecular complexity index is 1210. The molecule has 29 heavy (non-hydrogen) atoms. The third kappa shape index (κ3) is 3.15. The zero-order valence-electron chi connectivity index (χ0n) is 15.6. The SMILES string of the molecule is O=C(NC1c2ccccc2CC1O)c1cc(-c2ccncc2)nc2ccccc12. The molecule has 1 amide bonds. The normalized spacial score (nSPS) is 17.8. The zero-order chi connectivity index (χ0) is 19.8. The van der Waals surface area contributed by atoms with Crippen molar-refractivity contribution in [3.63, 3.8) is 0 Å². The molecule has 0 spiro atoms. The molecule has 1 aliphatic carbocycles. The van der Waals surface area contributed by atoms with Crippen LogP contribution in [-0.2, 0) is 6.42 Å². The molecule has 0 fully saturated rings. The maximum Gasteiger partial charge on any atom is 0.252 e. The lowest BCUT2D eigenvalue weighted by Crippen LogP contribution is -2.34. The van der Waals surface area contributed by atoms with Crippen molar-refractivity contribution < 1.29 is 9.90 Å². The number of fused-ring (bicyclic) bond motifs is 2. The zero-order valence-corrected chi connectivity index (χ0v) is 15.6. The van der Waals surface area contributed by atoms with Crippen molar-refractivity contribution >= 4 is 16.8 Å². The van der Waals surface area contributed by atoms with Gasteiger partial charge in [0.15, 0.2) is 0 Å². The van der Waals surface area contributed by atoms with E-state index in [1.165, 1.54) is 0 Å². The number of carbonyl (C=O) groups is 1. The van der Waals surface area contributed by atoms with Gasteiger partial charge in [-0.05, 0) is 35.4 Å². The number of rotatable bonds is 3. The average molecular weight is 381 g/mol. The van der Waals surface area contributed by atoms with Crippen molar-refractivity contribution in [3.8, 4) is 11.3 Å². The fourth-order valence-electron chi connectivity index (χ4n) is 4.00. The van der Waals surface area contributed by atoms with Crippen molar-refractivity contribution in [1.82, 2.24) is 15.3 Å². The monoisotopic (exact) mass is 381 g/mol. The minimum atomic E-state index is -0.635. The Kier molecular flexibility index (Phi) is 4.30. The Hall–Kier alpha value is -3.57. The Labute approximate surface area is 168 Å². The lowest BCUT2D eigenvalue weighted by Gasteiger charge is -2.19. The van der Waals surface area contributed by atoms with Gasteiger partial charge >= 0.3 is 0 Å². The fourth-order valence-corrected chi connectivity index (χ4v) is 4.00. The first kappa shape index (κ1) is 17.5. The van der Waals surface area contributed by atoms with Crippen molar-refractivity contribution in [2.24, 2.45) is 0 Å². The maximum absolute atomic E-state index is 13.3. The fraction of sp³-hybridized carbons (Fsp3) is 0.125. The van der Waals surface area contributed by atoms with E-state index in [1.54, 1.807) is 18.5 Å². The quantitative estimate of drug-likeness (QED) is 0.568. The summed E-state index contributed by atoms with van der Waals surface area (Å²) in [6.45, 7) is 0. The van der Waals surface area contributed by atoms with Crippen LogP contribution in [-0.4, -0.2) is 27.1 Å². The lowest BCUT2D eigenvalue weighted by molar-refractivity contribution is 0.0860. The molecule has 5 rings (SSSR count). The first-order valence-electron chi connectivity index (χ1n) is 9.57. The molecule has 0 aliphatic heterocycles. The van der Waals surface area contributed by atoms with E-state index in [9.17, 15) is 9.90 Å². The van der Waals surface area contributed by atoms with Crippen molar-refractivity contribution in [3.05, 3.63) is 95.8 Å². The summed E-state index contributed by atoms with van der Waals surface area (Å²) in [5.41, 5.74) is 4.94. The molecule has 0 bridgehead atoms. The predicted molar refractivity (Wildman–Crippen MR) is 111 cm³/mol. The molecule has 0 radical (unpaired) electrons. The first-order valence-corrected chi connectivity index (χ1v) is 9.57. The predicted octanol–water partition coefficient (Wildman–Crippen LogP) is 3.68. The van der Waals surface area contributed by atoms with Gasteiger partial charge in [-0.15, -0.1) is 0 Å². The van der Waals surface area contributed by atoms with E-state index in [2.05, 4.69) is 10.3 Å². The van der Waals surface area contributed by atoms with Gasteiger partial charge in [0.2, 0.25) is 0 Å². The molecule has 1 aliphatic rings. The highest BCUT2D eigenvalue weighted by Crippen LogP contribution is 2.32. The molecular formula is C24H19N3O2. The number of nitrogens with one attached hydrogen (secondary N) is 1. The molecule has 5 heteroatoms. The molecule has 0 saturated carbocycles. The number of hydrogen-bond acceptors (Lipinski definition) is 4. The molecule has 2 atom stereocenters. The molecule has 2 aromatic carbocycles. The molecule has 4 aromatic rings. The number of nitrogens with zero attached hydrogens (tertiary/aromatic N) is 2. The Morgan fingerprint density at radius 1 is 1.00 bits per heavy atom. The molecule has 2 N–H and O–H groups in total. The number of amides is 1. The smallest absolute Gasteiger partial charge is 0.252 e. The van der Waals surface area contributed by atoms with Crippen LogP contribution in [0.25, 0.3) is 22.2 Å². The van der Waals surface area contributed by atoms with Gasteiger partial charge in [0.1, 0.15) is 0 Å². The number of aromatic nitrogens is 2. The topological polar surface area (TPSA) is 75.1 Å². The van der Waals surface area contributed by atoms with Gasteiger partial charge in [-0.1, -0.05) is 42.5 Å². The third-order valence-corrected chi connectivity index (χ3v) is 5.43. The van der Waals surface area contributed by atoms with E-state index in [4.69, 9.17) is 4.98 Å². The van der Waals surface area contributed by atoms with Crippen LogP contribution < -0.4 is 5.32 Å². The van der Waals surface area contributed by atoms with Gasteiger partial charge in [-0.2, -0.15) is 0 Å². The van der Waals surface area contributed by atoms with E-state index < -0.39 is 12.1 Å². The van der Waals surface area contributed by atoms with E-state index in [-0.39, 0.29) is 5.91 Å². The summed E-state index contributed by atoms with van der Waals surface area (Å²) in [6, 6.07) is 20.6. The van der Waals surface area contributed by atoms with Crippen LogP contribution in [0.3, 0.4) is 0 Å². The Balaban J connectivity index is 1.57. The number of carbonyl (C=O) groups excluding carboxylic acids is 1. The van der Waals surface area contributed by atoms with Gasteiger partial charge in [0, 0.05) is 29.8 Å². The largest absolute Gasteiger partial charge is 0.390 e. The van der Waals surface area contributed by atoms with Crippen molar-refractivity contribution in [1.29, 1.82) is 0 Å². The van der Waals surface area contributed by atoms with Gasteiger partial charge in [-0.3, -0.25) is 9.78 Å². The molecule has 5 nitrogen and oxygen atoms in total. The summed E-state index contributed by atoms with van der Waals surface area (Å²) in [5.74, 6) is -0.223. The van der Waals surface area contributed by atoms with E-state index in [0.29, 0.717) is 17.7 Å². The number of aliphatic hydroxyl groups is 1. The van der Waals surface area contributed by atoms with Crippen molar-refractivity contribution in [2.45, 2.75) is 18.6 Å². The van der Waals surface area contributed by atoms with Crippen LogP contribution in [0.2, 0.25) is 0 Å². The summed E-state index contributed by atoms with van der Waals surface area (Å²) in [4.78, 5) is 22.1. The number of para-hydroxylation sites is 1. The highest BCUT2D eigenvalue weighted by atomic mass is 16.3. The molecule has 2 unspecified atom stereocenters. The van der Waals surface area contributed by atoms with E-state index in [0.717, 1.165) is 27.6 Å². The second-order valence-corrected chi connectivity index (χ2v) is 7.23. The summed E-state index contributed by atoms with van der Waals surface area (Å²) in [5, 5.41) is 14.3. The third-order valence-electron chi connectivity index (χ3n) is 5.43. The highest BCUT2D eigenvalue weighted by Gasteiger charge is 2.32. The number of pyridine rings is 2. The minimum Gasteiger partial charge on any atom is -0.390 e. The molecule has 0 saturated heterocycles. The second-order valence-electron chi connectivity index (χ2n) is 7.23. The highest BCUT2D eigenvalue weighted by molar-refractivity contribution is 6.07. The summed E-state index contributed by atoms with van der Waals surface area (Å²) < 4.78 is 0. The van der Waals surface area contributed by atoms with Crippen LogP contribution in [0.5, 0.6) is 0 Å². The number of benzene rings is 2. The Morgan fingerprint density at radius 2 is 1.76 bits per heavy atom. The van der Waals surface area contributed by atoms with E-state index in [1.807, 2.05) is 60.7 Å². The van der Waals surface area contributed by atoms with Crippen molar-refractivity contribution in [2.75, 3.05) is 0 Å². The standard InChI is InChI=1S/C24H19N3O2/c28-22-13-16-5-1-2-6-17(16)23(22)27-24(29)19-14-21(15-9-11-25-12-10-15)26-20-8-4-3-7-18(19)20/h1-12,14,22-23,28H,13H2,(H,27,29). The van der Waals surface area contributed by atoms with Gasteiger partial charge < -0.3 is 10.4 Å². The summed E-state index contributed by atoms with van der Waals surface area (Å²) in [6.07, 6.45) is 3.32. The van der Waals surface area contributed by atoms with Crippen LogP contribution in [0.4, 0.5) is 0 Å². The molecule has 2 heterocycles. The summed E-state index contributed by atoms with van der Waals surface area (Å²) in [7, 11) is 0. The van der Waals surface area contributed by atoms with Crippen LogP contribution in [0.1, 0.15) is 27.5 Å². The Morgan fingerprint density at radius 3 is 2.62 bits per heavy atom. The first-order chi connectivity index (χ1) is 14.2. The van der Waals surface area contributed by atoms with Crippen LogP contribution >= 0.6 is 0 Å². The minimum absolute atomic E-state index is 0.223. The van der Waals surface area contributed by atoms with Gasteiger partial charge in [0.05, 0.1) is 28.9 Å².